The number of halogens is 8. The molecule has 632 valence electrons. The van der Waals surface area contributed by atoms with Gasteiger partial charge in [0.1, 0.15) is 120 Å². The molecule has 12 aromatic rings. The van der Waals surface area contributed by atoms with E-state index in [1.54, 1.807) is 97.1 Å². The number of fused-ring (bicyclic) bond motifs is 4. The first kappa shape index (κ1) is 97.2. The first-order valence-electron chi connectivity index (χ1n) is 37.9. The van der Waals surface area contributed by atoms with Crippen LogP contribution in [-0.4, -0.2) is 135 Å². The maximum atomic E-state index is 13.6. The summed E-state index contributed by atoms with van der Waals surface area (Å²) < 4.78 is 63.6. The largest absolute Gasteiger partial charge is 0.490 e. The van der Waals surface area contributed by atoms with Crippen molar-refractivity contribution in [1.82, 2.24) is 10.6 Å². The van der Waals surface area contributed by atoms with E-state index >= 15 is 0 Å². The molecule has 0 aliphatic heterocycles. The van der Waals surface area contributed by atoms with Gasteiger partial charge in [0.15, 0.2) is 23.1 Å². The number of carboxylic acid groups (broad SMARTS) is 2. The van der Waals surface area contributed by atoms with E-state index in [4.69, 9.17) is 57.6 Å². The lowest BCUT2D eigenvalue weighted by Gasteiger charge is -2.13. The van der Waals surface area contributed by atoms with Gasteiger partial charge in [0.2, 0.25) is 0 Å². The van der Waals surface area contributed by atoms with E-state index in [9.17, 15) is 48.6 Å². The topological polar surface area (TPSA) is 361 Å². The molecule has 8 N–H and O–H groups in total. The van der Waals surface area contributed by atoms with Gasteiger partial charge in [-0.25, -0.2) is 0 Å². The summed E-state index contributed by atoms with van der Waals surface area (Å²) in [6.07, 6.45) is 0.137. The van der Waals surface area contributed by atoms with Gasteiger partial charge < -0.3 is 78.4 Å². The Balaban J connectivity index is 0.000000182. The van der Waals surface area contributed by atoms with Crippen LogP contribution in [0.2, 0.25) is 0 Å². The van der Waals surface area contributed by atoms with E-state index in [1.165, 1.54) is 0 Å². The van der Waals surface area contributed by atoms with Gasteiger partial charge in [0.05, 0.1) is 63.0 Å². The summed E-state index contributed by atoms with van der Waals surface area (Å²) in [7, 11) is 0. The number of hydrogen-bond acceptors (Lipinski definition) is 22. The Labute approximate surface area is 801 Å². The van der Waals surface area contributed by atoms with Crippen LogP contribution in [0, 0.1) is 28.6 Å². The lowest BCUT2D eigenvalue weighted by atomic mass is 9.99. The van der Waals surface area contributed by atoms with Crippen molar-refractivity contribution in [1.29, 1.82) is 0 Å². The number of ketones is 4. The van der Waals surface area contributed by atoms with Crippen LogP contribution in [0.25, 0.3) is 43.9 Å². The summed E-state index contributed by atoms with van der Waals surface area (Å²) in [6, 6.07) is 42.9. The van der Waals surface area contributed by atoms with Gasteiger partial charge in [-0.3, -0.25) is 38.4 Å². The third kappa shape index (κ3) is 25.8. The standard InChI is InChI=1S/C25H27I2NO5.C23H23I2NO5.C21H19I2NO5.C19H15I2NO5/c1-4-15(3)32-22(29)14-21-23(17-8-6-7-9-20(17)33-21)24(30)16-12-18(26)25(19(27)13-16)31-11-10-28-5-2;1-3-13(2)30-20(27)12-19-21(15-6-4-5-7-18(15)31-19)22(28)14-10-16(24)23(17(25)11-14)29-9-8-26;1-2-24-7-8-28-21-14(22)9-12(10-15(21)23)20(27)19-13-5-3-4-6-16(13)29-17(19)11-18(25)26;20-12-7-10(8-13(21)19(12)26-6-5-22)18(25)17-11-3-1-2-4-14(11)27-15(17)9-16(23)24/h6-9,12-13,15,28H,4-5,10-11,14H2,1-3H3;4-7,10-11,13H,3,8-9,12,26H2,1-2H3;3-6,9-10,24H,2,7-8,11H2,1H3,(H,25,26);1-4,7-8H,5-6,9,22H2,(H,23,24)/t15-;13-;;/m00../s1. The number of ether oxygens (including phenoxy) is 6. The summed E-state index contributed by atoms with van der Waals surface area (Å²) >= 11 is 17.2. The summed E-state index contributed by atoms with van der Waals surface area (Å²) in [6.45, 7) is 17.6. The minimum Gasteiger partial charge on any atom is -0.490 e. The van der Waals surface area contributed by atoms with Crippen molar-refractivity contribution in [2.24, 2.45) is 11.5 Å². The second kappa shape index (κ2) is 47.5. The van der Waals surface area contributed by atoms with E-state index < -0.39 is 23.9 Å². The van der Waals surface area contributed by atoms with Crippen LogP contribution in [0.3, 0.4) is 0 Å². The van der Waals surface area contributed by atoms with Gasteiger partial charge in [-0.05, 0) is 293 Å². The van der Waals surface area contributed by atoms with E-state index in [1.807, 2.05) is 90.1 Å². The third-order valence-electron chi connectivity index (χ3n) is 18.0. The average molecular weight is 2530 g/mol. The number of aliphatic carboxylic acids is 2. The smallest absolute Gasteiger partial charge is 0.313 e. The molecule has 0 bridgehead atoms. The maximum absolute atomic E-state index is 13.6. The first-order valence-corrected chi connectivity index (χ1v) is 46.5. The highest BCUT2D eigenvalue weighted by atomic mass is 127. The Hall–Kier alpha value is -6.64. The second-order valence-corrected chi connectivity index (χ2v) is 35.9. The molecule has 0 radical (unpaired) electrons. The molecule has 0 aliphatic rings. The van der Waals surface area contributed by atoms with E-state index in [0.29, 0.717) is 152 Å². The minimum atomic E-state index is -1.06. The number of para-hydroxylation sites is 4. The Bertz CT molecular complexity index is 5630. The number of esters is 2. The third-order valence-corrected chi connectivity index (χ3v) is 24.4. The molecule has 4 heterocycles. The number of nitrogens with one attached hydrogen (secondary N) is 2. The average Bonchev–Trinajstić information content (AvgIpc) is 1.70. The number of hydrogen-bond donors (Lipinski definition) is 6. The van der Waals surface area contributed by atoms with Crippen LogP contribution in [0.1, 0.15) is 141 Å². The number of carbonyl (C=O) groups is 8. The summed E-state index contributed by atoms with van der Waals surface area (Å²) in [5.74, 6) is -0.0346. The minimum absolute atomic E-state index is 0.0973. The summed E-state index contributed by atoms with van der Waals surface area (Å²) in [4.78, 5) is 101. The van der Waals surface area contributed by atoms with E-state index in [-0.39, 0.29) is 78.1 Å². The molecule has 2 atom stereocenters. The van der Waals surface area contributed by atoms with Gasteiger partial charge in [0, 0.05) is 70.0 Å². The van der Waals surface area contributed by atoms with E-state index in [0.717, 1.165) is 72.7 Å². The van der Waals surface area contributed by atoms with Gasteiger partial charge in [0.25, 0.3) is 0 Å². The Morgan fingerprint density at radius 3 is 0.800 bits per heavy atom. The predicted octanol–water partition coefficient (Wildman–Crippen LogP) is 19.2. The highest BCUT2D eigenvalue weighted by Crippen LogP contribution is 2.39. The molecule has 8 aromatic carbocycles. The van der Waals surface area contributed by atoms with Crippen LogP contribution in [0.15, 0.2) is 163 Å². The fraction of sp³-hybridized carbons (Fsp3) is 0.273. The SMILES string of the molecule is CCNCCOc1c(I)cc(C(=O)c2c(CC(=O)O)oc3ccccc23)cc1I.CCNCCOc1c(I)cc(C(=O)c2c(CC(=O)O[C@@H](C)CC)oc3ccccc23)cc1I.CC[C@H](C)OC(=O)Cc1oc2ccccc2c1C(=O)c1cc(I)c(OCCN)c(I)c1.NCCOc1c(I)cc(C(=O)c2c(CC(=O)O)oc3ccccc23)cc1I. The number of carboxylic acids is 2. The molecule has 0 saturated carbocycles. The molecule has 0 aliphatic carbocycles. The number of likely N-dealkylation sites (N-methyl/N-ethyl adjacent to an activating group) is 2. The van der Waals surface area contributed by atoms with Crippen LogP contribution < -0.4 is 41.0 Å². The van der Waals surface area contributed by atoms with Crippen molar-refractivity contribution < 1.29 is 94.7 Å². The number of rotatable bonds is 36. The molecule has 24 nitrogen and oxygen atoms in total. The van der Waals surface area contributed by atoms with Crippen LogP contribution in [0.5, 0.6) is 23.0 Å². The zero-order chi connectivity index (χ0) is 87.0. The molecular weight excluding hydrogens is 2450 g/mol. The fourth-order valence-electron chi connectivity index (χ4n) is 12.1. The molecule has 120 heavy (non-hydrogen) atoms. The second-order valence-electron chi connectivity index (χ2n) is 26.6. The number of nitrogens with two attached hydrogens (primary N) is 2. The Kier molecular flexibility index (Phi) is 38.4. The monoisotopic (exact) mass is 2530 g/mol. The highest BCUT2D eigenvalue weighted by Gasteiger charge is 2.31. The molecule has 0 unspecified atom stereocenters. The van der Waals surface area contributed by atoms with Crippen LogP contribution >= 0.6 is 181 Å². The van der Waals surface area contributed by atoms with Gasteiger partial charge >= 0.3 is 23.9 Å². The van der Waals surface area contributed by atoms with Crippen molar-refractivity contribution in [3.05, 3.63) is 242 Å². The number of benzene rings is 8. The molecule has 0 fully saturated rings. The van der Waals surface area contributed by atoms with Crippen molar-refractivity contribution in [2.75, 3.05) is 65.7 Å². The predicted molar refractivity (Wildman–Crippen MR) is 525 cm³/mol. The molecule has 12 rings (SSSR count). The van der Waals surface area contributed by atoms with Crippen LogP contribution in [-0.2, 0) is 54.3 Å². The van der Waals surface area contributed by atoms with Gasteiger partial charge in [-0.1, -0.05) is 100 Å². The zero-order valence-electron chi connectivity index (χ0n) is 65.7. The molecule has 32 heteroatoms. The lowest BCUT2D eigenvalue weighted by molar-refractivity contribution is -0.148. The van der Waals surface area contributed by atoms with Crippen molar-refractivity contribution in [3.8, 4) is 23.0 Å². The fourth-order valence-corrected chi connectivity index (χ4v) is 20.5. The Morgan fingerprint density at radius 2 is 0.583 bits per heavy atom. The van der Waals surface area contributed by atoms with Gasteiger partial charge in [-0.15, -0.1) is 0 Å². The zero-order valence-corrected chi connectivity index (χ0v) is 83.0. The van der Waals surface area contributed by atoms with Crippen molar-refractivity contribution in [3.63, 3.8) is 0 Å². The quantitative estimate of drug-likeness (QED) is 0.00919. The molecule has 4 aromatic heterocycles. The van der Waals surface area contributed by atoms with E-state index in [2.05, 4.69) is 191 Å². The first-order chi connectivity index (χ1) is 57.5. The van der Waals surface area contributed by atoms with Gasteiger partial charge in [-0.2, -0.15) is 0 Å². The molecule has 0 spiro atoms. The van der Waals surface area contributed by atoms with Crippen LogP contribution in [0.4, 0.5) is 0 Å². The van der Waals surface area contributed by atoms with Crippen molar-refractivity contribution in [2.45, 2.75) is 92.3 Å². The van der Waals surface area contributed by atoms with Crippen molar-refractivity contribution >= 4 is 272 Å². The Morgan fingerprint density at radius 1 is 0.358 bits per heavy atom. The number of carbonyl (C=O) groups excluding carboxylic acids is 6. The summed E-state index contributed by atoms with van der Waals surface area (Å²) in [5.41, 5.74) is 16.4. The maximum Gasteiger partial charge on any atom is 0.313 e. The number of furan rings is 4. The molecule has 0 amide bonds. The molecule has 0 saturated heterocycles. The lowest BCUT2D eigenvalue weighted by Crippen LogP contribution is -2.20. The normalized spacial score (nSPS) is 11.5. The summed E-state index contributed by atoms with van der Waals surface area (Å²) in [5, 5.41) is 27.4. The molecular formula is C88H84I8N4O20. The highest BCUT2D eigenvalue weighted by molar-refractivity contribution is 14.1.